The lowest BCUT2D eigenvalue weighted by Gasteiger charge is -2.34. The van der Waals surface area contributed by atoms with Crippen molar-refractivity contribution >= 4 is 17.4 Å². The van der Waals surface area contributed by atoms with Crippen LogP contribution in [0.25, 0.3) is 0 Å². The van der Waals surface area contributed by atoms with E-state index < -0.39 is 0 Å². The Balaban J connectivity index is 1.59. The number of hydrogen-bond acceptors (Lipinski definition) is 3. The van der Waals surface area contributed by atoms with Gasteiger partial charge in [-0.25, -0.2) is 4.79 Å². The normalized spacial score (nSPS) is 27.2. The molecule has 3 heterocycles. The Hall–Kier alpha value is -1.07. The van der Waals surface area contributed by atoms with Gasteiger partial charge in [-0.05, 0) is 24.3 Å². The SMILES string of the molecule is O=C(NCc1cccs1)N1[C@H]2CC[C@H]1COC2. The Bertz CT molecular complexity index is 377. The van der Waals surface area contributed by atoms with Crippen molar-refractivity contribution in [2.45, 2.75) is 31.5 Å². The van der Waals surface area contributed by atoms with E-state index in [1.165, 1.54) is 4.88 Å². The van der Waals surface area contributed by atoms with Crippen LogP contribution in [0.15, 0.2) is 17.5 Å². The van der Waals surface area contributed by atoms with E-state index >= 15 is 0 Å². The molecule has 3 rings (SSSR count). The van der Waals surface area contributed by atoms with Crippen molar-refractivity contribution in [3.05, 3.63) is 22.4 Å². The topological polar surface area (TPSA) is 41.6 Å². The minimum Gasteiger partial charge on any atom is -0.377 e. The van der Waals surface area contributed by atoms with Crippen molar-refractivity contribution in [2.24, 2.45) is 0 Å². The fraction of sp³-hybridized carbons (Fsp3) is 0.583. The van der Waals surface area contributed by atoms with Gasteiger partial charge in [-0.2, -0.15) is 0 Å². The van der Waals surface area contributed by atoms with Crippen molar-refractivity contribution in [3.8, 4) is 0 Å². The molecule has 2 bridgehead atoms. The molecular weight excluding hydrogens is 236 g/mol. The number of carbonyl (C=O) groups is 1. The fourth-order valence-corrected chi connectivity index (χ4v) is 3.27. The van der Waals surface area contributed by atoms with Gasteiger partial charge in [0.2, 0.25) is 0 Å². The molecule has 2 aliphatic rings. The second-order valence-corrected chi connectivity index (χ2v) is 5.60. The van der Waals surface area contributed by atoms with Crippen LogP contribution in [0.4, 0.5) is 4.79 Å². The standard InChI is InChI=1S/C12H16N2O2S/c15-12(13-6-11-2-1-5-17-11)14-9-3-4-10(14)8-16-7-9/h1-2,5,9-10H,3-4,6-8H2,(H,13,15)/t9-,10-/m0/s1. The molecule has 2 atom stereocenters. The van der Waals surface area contributed by atoms with Crippen molar-refractivity contribution in [3.63, 3.8) is 0 Å². The van der Waals surface area contributed by atoms with Crippen LogP contribution in [-0.4, -0.2) is 36.2 Å². The summed E-state index contributed by atoms with van der Waals surface area (Å²) in [5.41, 5.74) is 0. The number of nitrogens with one attached hydrogen (secondary N) is 1. The Morgan fingerprint density at radius 3 is 2.88 bits per heavy atom. The Morgan fingerprint density at radius 1 is 1.47 bits per heavy atom. The molecule has 1 aromatic rings. The van der Waals surface area contributed by atoms with E-state index in [9.17, 15) is 4.79 Å². The molecule has 2 amide bonds. The smallest absolute Gasteiger partial charge is 0.318 e. The first kappa shape index (κ1) is 11.0. The number of amides is 2. The van der Waals surface area contributed by atoms with E-state index in [0.29, 0.717) is 19.8 Å². The Labute approximate surface area is 105 Å². The molecular formula is C12H16N2O2S. The summed E-state index contributed by atoms with van der Waals surface area (Å²) in [7, 11) is 0. The van der Waals surface area contributed by atoms with Crippen molar-refractivity contribution in [1.82, 2.24) is 10.2 Å². The molecule has 0 spiro atoms. The van der Waals surface area contributed by atoms with Gasteiger partial charge in [0.1, 0.15) is 0 Å². The first-order valence-corrected chi connectivity index (χ1v) is 6.89. The number of nitrogens with zero attached hydrogens (tertiary/aromatic N) is 1. The lowest BCUT2D eigenvalue weighted by atomic mass is 10.2. The summed E-state index contributed by atoms with van der Waals surface area (Å²) in [6.45, 7) is 2.03. The molecule has 0 aromatic carbocycles. The van der Waals surface area contributed by atoms with Crippen LogP contribution >= 0.6 is 11.3 Å². The molecule has 17 heavy (non-hydrogen) atoms. The van der Waals surface area contributed by atoms with Crippen LogP contribution in [0.2, 0.25) is 0 Å². The molecule has 1 aromatic heterocycles. The maximum atomic E-state index is 12.1. The minimum atomic E-state index is 0.0641. The second-order valence-electron chi connectivity index (χ2n) is 4.57. The third-order valence-corrected chi connectivity index (χ3v) is 4.35. The molecule has 2 fully saturated rings. The Kier molecular flexibility index (Phi) is 3.03. The van der Waals surface area contributed by atoms with Crippen LogP contribution in [0.3, 0.4) is 0 Å². The predicted octanol–water partition coefficient (Wildman–Crippen LogP) is 1.82. The highest BCUT2D eigenvalue weighted by molar-refractivity contribution is 7.09. The third kappa shape index (κ3) is 2.17. The van der Waals surface area contributed by atoms with E-state index in [1.54, 1.807) is 11.3 Å². The van der Waals surface area contributed by atoms with Gasteiger partial charge in [0.15, 0.2) is 0 Å². The minimum absolute atomic E-state index is 0.0641. The van der Waals surface area contributed by atoms with Gasteiger partial charge in [0.05, 0.1) is 31.8 Å². The van der Waals surface area contributed by atoms with Gasteiger partial charge >= 0.3 is 6.03 Å². The van der Waals surface area contributed by atoms with Gasteiger partial charge in [-0.3, -0.25) is 0 Å². The number of carbonyl (C=O) groups excluding carboxylic acids is 1. The van der Waals surface area contributed by atoms with Gasteiger partial charge in [-0.1, -0.05) is 6.07 Å². The lowest BCUT2D eigenvalue weighted by Crippen LogP contribution is -2.52. The average molecular weight is 252 g/mol. The zero-order chi connectivity index (χ0) is 11.7. The lowest BCUT2D eigenvalue weighted by molar-refractivity contribution is 0.00633. The van der Waals surface area contributed by atoms with E-state index in [4.69, 9.17) is 4.74 Å². The highest BCUT2D eigenvalue weighted by Crippen LogP contribution is 2.28. The molecule has 0 radical (unpaired) electrons. The number of fused-ring (bicyclic) bond motifs is 2. The van der Waals surface area contributed by atoms with Crippen molar-refractivity contribution in [2.75, 3.05) is 13.2 Å². The summed E-state index contributed by atoms with van der Waals surface area (Å²) in [5, 5.41) is 5.03. The summed E-state index contributed by atoms with van der Waals surface area (Å²) >= 11 is 1.67. The molecule has 2 saturated heterocycles. The van der Waals surface area contributed by atoms with Crippen LogP contribution in [0.1, 0.15) is 17.7 Å². The molecule has 4 nitrogen and oxygen atoms in total. The van der Waals surface area contributed by atoms with Gasteiger partial charge in [0.25, 0.3) is 0 Å². The summed E-state index contributed by atoms with van der Waals surface area (Å²) in [6.07, 6.45) is 2.16. The van der Waals surface area contributed by atoms with Gasteiger partial charge in [0, 0.05) is 4.88 Å². The summed E-state index contributed by atoms with van der Waals surface area (Å²) in [6, 6.07) is 4.69. The largest absolute Gasteiger partial charge is 0.377 e. The molecule has 0 unspecified atom stereocenters. The maximum Gasteiger partial charge on any atom is 0.318 e. The number of thiophene rings is 1. The number of urea groups is 1. The highest BCUT2D eigenvalue weighted by atomic mass is 32.1. The summed E-state index contributed by atoms with van der Waals surface area (Å²) < 4.78 is 5.47. The molecule has 1 N–H and O–H groups in total. The third-order valence-electron chi connectivity index (χ3n) is 3.47. The molecule has 5 heteroatoms. The van der Waals surface area contributed by atoms with E-state index in [2.05, 4.69) is 5.32 Å². The van der Waals surface area contributed by atoms with Crippen LogP contribution in [-0.2, 0) is 11.3 Å². The first-order chi connectivity index (χ1) is 8.34. The van der Waals surface area contributed by atoms with Gasteiger partial charge < -0.3 is 15.0 Å². The number of ether oxygens (including phenoxy) is 1. The molecule has 92 valence electrons. The van der Waals surface area contributed by atoms with Crippen molar-refractivity contribution in [1.29, 1.82) is 0 Å². The monoisotopic (exact) mass is 252 g/mol. The highest BCUT2D eigenvalue weighted by Gasteiger charge is 2.40. The summed E-state index contributed by atoms with van der Waals surface area (Å²) in [5.74, 6) is 0. The number of rotatable bonds is 2. The van der Waals surface area contributed by atoms with Crippen molar-refractivity contribution < 1.29 is 9.53 Å². The zero-order valence-electron chi connectivity index (χ0n) is 9.59. The van der Waals surface area contributed by atoms with Crippen LogP contribution < -0.4 is 5.32 Å². The molecule has 0 saturated carbocycles. The van der Waals surface area contributed by atoms with E-state index in [0.717, 1.165) is 12.8 Å². The van der Waals surface area contributed by atoms with Crippen LogP contribution in [0, 0.1) is 0 Å². The quantitative estimate of drug-likeness (QED) is 0.872. The predicted molar refractivity (Wildman–Crippen MR) is 66.0 cm³/mol. The fourth-order valence-electron chi connectivity index (χ4n) is 2.63. The summed E-state index contributed by atoms with van der Waals surface area (Å²) in [4.78, 5) is 15.3. The second kappa shape index (κ2) is 4.66. The van der Waals surface area contributed by atoms with Gasteiger partial charge in [-0.15, -0.1) is 11.3 Å². The Morgan fingerprint density at radius 2 is 2.24 bits per heavy atom. The van der Waals surface area contributed by atoms with Crippen LogP contribution in [0.5, 0.6) is 0 Å². The molecule has 0 aliphatic carbocycles. The van der Waals surface area contributed by atoms with E-state index in [-0.39, 0.29) is 18.1 Å². The average Bonchev–Trinajstić information content (AvgIpc) is 2.93. The van der Waals surface area contributed by atoms with E-state index in [1.807, 2.05) is 22.4 Å². The molecule has 2 aliphatic heterocycles. The number of morpholine rings is 1. The number of hydrogen-bond donors (Lipinski definition) is 1. The first-order valence-electron chi connectivity index (χ1n) is 6.01. The zero-order valence-corrected chi connectivity index (χ0v) is 10.4. The maximum absolute atomic E-state index is 12.1.